The van der Waals surface area contributed by atoms with Crippen LogP contribution in [0.4, 0.5) is 0 Å². The summed E-state index contributed by atoms with van der Waals surface area (Å²) in [7, 11) is 0. The van der Waals surface area contributed by atoms with Crippen LogP contribution in [0.3, 0.4) is 0 Å². The van der Waals surface area contributed by atoms with Gasteiger partial charge in [0.25, 0.3) is 0 Å². The van der Waals surface area contributed by atoms with Gasteiger partial charge in [0.15, 0.2) is 5.82 Å². The zero-order chi connectivity index (χ0) is 9.97. The molecule has 0 aliphatic heterocycles. The summed E-state index contributed by atoms with van der Waals surface area (Å²) in [5.74, 6) is 1.12. The fraction of sp³-hybridized carbons (Fsp3) is 0.111. The van der Waals surface area contributed by atoms with Crippen LogP contribution in [0.15, 0.2) is 24.5 Å². The SMILES string of the molecule is ClCc1cnc(-c2ccc(Cl)cn2)[nH]1. The predicted octanol–water partition coefficient (Wildman–Crippen LogP) is 2.86. The number of nitrogens with one attached hydrogen (secondary N) is 1. The van der Waals surface area contributed by atoms with Gasteiger partial charge in [0.1, 0.15) is 5.69 Å². The van der Waals surface area contributed by atoms with Gasteiger partial charge in [0.2, 0.25) is 0 Å². The van der Waals surface area contributed by atoms with E-state index in [0.29, 0.717) is 16.7 Å². The zero-order valence-corrected chi connectivity index (χ0v) is 8.68. The monoisotopic (exact) mass is 227 g/mol. The first-order chi connectivity index (χ1) is 6.79. The highest BCUT2D eigenvalue weighted by atomic mass is 35.5. The van der Waals surface area contributed by atoms with Gasteiger partial charge in [-0.05, 0) is 12.1 Å². The molecule has 14 heavy (non-hydrogen) atoms. The molecular weight excluding hydrogens is 221 g/mol. The van der Waals surface area contributed by atoms with Gasteiger partial charge in [-0.1, -0.05) is 11.6 Å². The Hall–Kier alpha value is -1.06. The number of aromatic nitrogens is 3. The number of halogens is 2. The highest BCUT2D eigenvalue weighted by molar-refractivity contribution is 6.30. The van der Waals surface area contributed by atoms with Gasteiger partial charge >= 0.3 is 0 Å². The predicted molar refractivity (Wildman–Crippen MR) is 56.4 cm³/mol. The Balaban J connectivity index is 2.34. The van der Waals surface area contributed by atoms with Crippen molar-refractivity contribution in [1.82, 2.24) is 15.0 Å². The Labute approximate surface area is 91.1 Å². The molecule has 0 aliphatic rings. The van der Waals surface area contributed by atoms with Gasteiger partial charge in [0.05, 0.1) is 10.9 Å². The molecule has 0 radical (unpaired) electrons. The molecule has 0 spiro atoms. The normalized spacial score (nSPS) is 10.4. The first kappa shape index (κ1) is 9.49. The van der Waals surface area contributed by atoms with Crippen molar-refractivity contribution in [2.24, 2.45) is 0 Å². The molecule has 2 aromatic heterocycles. The molecule has 0 aromatic carbocycles. The van der Waals surface area contributed by atoms with E-state index in [2.05, 4.69) is 15.0 Å². The number of hydrogen-bond donors (Lipinski definition) is 1. The Morgan fingerprint density at radius 1 is 1.21 bits per heavy atom. The average Bonchev–Trinajstić information content (AvgIpc) is 2.67. The fourth-order valence-electron chi connectivity index (χ4n) is 1.07. The van der Waals surface area contributed by atoms with Crippen LogP contribution in [0.5, 0.6) is 0 Å². The van der Waals surface area contributed by atoms with Crippen LogP contribution in [-0.2, 0) is 5.88 Å². The summed E-state index contributed by atoms with van der Waals surface area (Å²) in [5.41, 5.74) is 1.63. The summed E-state index contributed by atoms with van der Waals surface area (Å²) in [5, 5.41) is 0.609. The zero-order valence-electron chi connectivity index (χ0n) is 7.17. The highest BCUT2D eigenvalue weighted by Gasteiger charge is 2.03. The molecule has 3 nitrogen and oxygen atoms in total. The van der Waals surface area contributed by atoms with E-state index in [4.69, 9.17) is 23.2 Å². The highest BCUT2D eigenvalue weighted by Crippen LogP contribution is 2.15. The van der Waals surface area contributed by atoms with Crippen molar-refractivity contribution in [2.75, 3.05) is 0 Å². The van der Waals surface area contributed by atoms with Crippen LogP contribution < -0.4 is 0 Å². The largest absolute Gasteiger partial charge is 0.340 e. The maximum absolute atomic E-state index is 5.72. The molecule has 2 aromatic rings. The van der Waals surface area contributed by atoms with E-state index >= 15 is 0 Å². The van der Waals surface area contributed by atoms with Crippen LogP contribution in [-0.4, -0.2) is 15.0 Å². The molecule has 0 saturated heterocycles. The first-order valence-corrected chi connectivity index (χ1v) is 4.92. The van der Waals surface area contributed by atoms with Crippen LogP contribution in [0, 0.1) is 0 Å². The van der Waals surface area contributed by atoms with Crippen molar-refractivity contribution in [3.63, 3.8) is 0 Å². The molecule has 0 bridgehead atoms. The molecule has 5 heteroatoms. The quantitative estimate of drug-likeness (QED) is 0.803. The molecule has 0 aliphatic carbocycles. The summed E-state index contributed by atoms with van der Waals surface area (Å²) in [4.78, 5) is 11.3. The number of H-pyrrole nitrogens is 1. The summed E-state index contributed by atoms with van der Waals surface area (Å²) >= 11 is 11.4. The van der Waals surface area contributed by atoms with E-state index < -0.39 is 0 Å². The smallest absolute Gasteiger partial charge is 0.156 e. The third-order valence-electron chi connectivity index (χ3n) is 1.74. The second-order valence-corrected chi connectivity index (χ2v) is 3.46. The van der Waals surface area contributed by atoms with Gasteiger partial charge in [-0.15, -0.1) is 11.6 Å². The molecule has 1 N–H and O–H groups in total. The summed E-state index contributed by atoms with van der Waals surface area (Å²) < 4.78 is 0. The maximum atomic E-state index is 5.72. The minimum atomic E-state index is 0.417. The molecule has 0 amide bonds. The first-order valence-electron chi connectivity index (χ1n) is 4.01. The van der Waals surface area contributed by atoms with Crippen molar-refractivity contribution in [1.29, 1.82) is 0 Å². The van der Waals surface area contributed by atoms with Crippen LogP contribution in [0.1, 0.15) is 5.69 Å². The number of rotatable bonds is 2. The number of nitrogens with zero attached hydrogens (tertiary/aromatic N) is 2. The Morgan fingerprint density at radius 2 is 2.07 bits per heavy atom. The van der Waals surface area contributed by atoms with Crippen LogP contribution in [0.2, 0.25) is 5.02 Å². The van der Waals surface area contributed by atoms with Crippen molar-refractivity contribution in [3.8, 4) is 11.5 Å². The lowest BCUT2D eigenvalue weighted by molar-refractivity contribution is 1.19. The summed E-state index contributed by atoms with van der Waals surface area (Å²) in [6.07, 6.45) is 3.28. The van der Waals surface area contributed by atoms with E-state index in [-0.39, 0.29) is 0 Å². The van der Waals surface area contributed by atoms with Crippen molar-refractivity contribution in [3.05, 3.63) is 35.2 Å². The van der Waals surface area contributed by atoms with Gasteiger partial charge in [-0.2, -0.15) is 0 Å². The van der Waals surface area contributed by atoms with E-state index in [0.717, 1.165) is 11.4 Å². The topological polar surface area (TPSA) is 41.6 Å². The van der Waals surface area contributed by atoms with Gasteiger partial charge in [-0.3, -0.25) is 4.98 Å². The van der Waals surface area contributed by atoms with Crippen molar-refractivity contribution in [2.45, 2.75) is 5.88 Å². The number of imidazole rings is 1. The molecule has 0 unspecified atom stereocenters. The Bertz CT molecular complexity index is 422. The molecule has 0 atom stereocenters. The molecule has 2 rings (SSSR count). The van der Waals surface area contributed by atoms with Crippen LogP contribution in [0.25, 0.3) is 11.5 Å². The molecule has 72 valence electrons. The third kappa shape index (κ3) is 1.89. The second kappa shape index (κ2) is 3.98. The van der Waals surface area contributed by atoms with Gasteiger partial charge < -0.3 is 4.98 Å². The number of alkyl halides is 1. The van der Waals surface area contributed by atoms with E-state index in [1.165, 1.54) is 0 Å². The lowest BCUT2D eigenvalue weighted by atomic mass is 10.3. The Morgan fingerprint density at radius 3 is 2.64 bits per heavy atom. The third-order valence-corrected chi connectivity index (χ3v) is 2.25. The molecular formula is C9H7Cl2N3. The van der Waals surface area contributed by atoms with Gasteiger partial charge in [0, 0.05) is 18.1 Å². The van der Waals surface area contributed by atoms with Crippen molar-refractivity contribution < 1.29 is 0 Å². The van der Waals surface area contributed by atoms with Crippen LogP contribution >= 0.6 is 23.2 Å². The maximum Gasteiger partial charge on any atom is 0.156 e. The Kier molecular flexibility index (Phi) is 2.70. The second-order valence-electron chi connectivity index (χ2n) is 2.75. The molecule has 0 fully saturated rings. The van der Waals surface area contributed by atoms with E-state index in [1.54, 1.807) is 24.5 Å². The minimum Gasteiger partial charge on any atom is -0.340 e. The molecule has 2 heterocycles. The van der Waals surface area contributed by atoms with Gasteiger partial charge in [-0.25, -0.2) is 4.98 Å². The number of hydrogen-bond acceptors (Lipinski definition) is 2. The lowest BCUT2D eigenvalue weighted by Crippen LogP contribution is -1.85. The number of aromatic amines is 1. The fourth-order valence-corrected chi connectivity index (χ4v) is 1.32. The number of pyridine rings is 1. The lowest BCUT2D eigenvalue weighted by Gasteiger charge is -1.95. The summed E-state index contributed by atoms with van der Waals surface area (Å²) in [6, 6.07) is 3.58. The minimum absolute atomic E-state index is 0.417. The standard InChI is InChI=1S/C9H7Cl2N3/c10-3-7-5-13-9(14-7)8-2-1-6(11)4-12-8/h1-2,4-5H,3H2,(H,13,14). The van der Waals surface area contributed by atoms with E-state index in [9.17, 15) is 0 Å². The average molecular weight is 228 g/mol. The molecule has 0 saturated carbocycles. The summed E-state index contributed by atoms with van der Waals surface area (Å²) in [6.45, 7) is 0. The van der Waals surface area contributed by atoms with Crippen molar-refractivity contribution >= 4 is 23.2 Å². The van der Waals surface area contributed by atoms with E-state index in [1.807, 2.05) is 0 Å².